The Morgan fingerprint density at radius 2 is 1.23 bits per heavy atom. The zero-order valence-corrected chi connectivity index (χ0v) is 22.7. The van der Waals surface area contributed by atoms with Crippen LogP contribution in [-0.2, 0) is 13.1 Å². The fourth-order valence-corrected chi connectivity index (χ4v) is 6.03. The van der Waals surface area contributed by atoms with E-state index in [9.17, 15) is 19.8 Å². The number of hydrogen-bond acceptors (Lipinski definition) is 6. The number of carbonyl (C=O) groups excluding carboxylic acids is 2. The first-order valence-corrected chi connectivity index (χ1v) is 13.8. The van der Waals surface area contributed by atoms with E-state index in [0.29, 0.717) is 11.2 Å². The summed E-state index contributed by atoms with van der Waals surface area (Å²) >= 11 is 0. The van der Waals surface area contributed by atoms with Crippen LogP contribution in [0.1, 0.15) is 43.1 Å². The highest BCUT2D eigenvalue weighted by molar-refractivity contribution is 6.31. The first kappa shape index (κ1) is 24.8. The van der Waals surface area contributed by atoms with Crippen LogP contribution in [0.5, 0.6) is 11.5 Å². The van der Waals surface area contributed by atoms with Gasteiger partial charge in [0, 0.05) is 16.7 Å². The van der Waals surface area contributed by atoms with Gasteiger partial charge >= 0.3 is 17.4 Å². The average Bonchev–Trinajstić information content (AvgIpc) is 3.39. The molecule has 0 atom stereocenters. The van der Waals surface area contributed by atoms with Crippen molar-refractivity contribution in [1.29, 1.82) is 0 Å². The third-order valence-corrected chi connectivity index (χ3v) is 8.02. The normalized spacial score (nSPS) is 13.5. The van der Waals surface area contributed by atoms with Crippen molar-refractivity contribution in [2.75, 3.05) is 0 Å². The van der Waals surface area contributed by atoms with Gasteiger partial charge in [0.2, 0.25) is 18.0 Å². The number of fused-ring (bicyclic) bond motifs is 5. The highest BCUT2D eigenvalue weighted by Crippen LogP contribution is 2.52. The van der Waals surface area contributed by atoms with E-state index in [0.717, 1.165) is 21.9 Å². The smallest absolute Gasteiger partial charge is 0.490 e. The molecule has 1 aromatic heterocycles. The number of benzene rings is 5. The molecule has 1 aliphatic heterocycles. The third-order valence-electron chi connectivity index (χ3n) is 8.02. The van der Waals surface area contributed by atoms with Gasteiger partial charge in [-0.3, -0.25) is 14.6 Å². The topological polar surface area (TPSA) is 106 Å². The number of aromatic hydroxyl groups is 2. The number of phenols is 2. The number of para-hydroxylation sites is 2. The molecule has 6 aromatic rings. The molecule has 8 rings (SSSR count). The monoisotopic (exact) mass is 562 g/mol. The predicted octanol–water partition coefficient (Wildman–Crippen LogP) is 5.85. The Labute approximate surface area is 244 Å². The second-order valence-corrected chi connectivity index (χ2v) is 10.7. The molecule has 5 aromatic carbocycles. The Balaban J connectivity index is 1.32. The molecule has 0 saturated carbocycles. The third kappa shape index (κ3) is 3.78. The van der Waals surface area contributed by atoms with Crippen molar-refractivity contribution >= 4 is 50.8 Å². The molecule has 0 radical (unpaired) electrons. The molecule has 0 spiro atoms. The number of ketones is 2. The molecule has 2 aliphatic rings. The van der Waals surface area contributed by atoms with Crippen molar-refractivity contribution in [3.05, 3.63) is 131 Å². The predicted molar refractivity (Wildman–Crippen MR) is 159 cm³/mol. The van der Waals surface area contributed by atoms with Crippen LogP contribution < -0.4 is 0 Å². The van der Waals surface area contributed by atoms with Crippen LogP contribution in [0.4, 0.5) is 11.4 Å². The number of nitrogens with zero attached hydrogens (tertiary/aromatic N) is 4. The summed E-state index contributed by atoms with van der Waals surface area (Å²) < 4.78 is 3.28. The molecule has 0 saturated heterocycles. The van der Waals surface area contributed by atoms with Crippen molar-refractivity contribution in [3.63, 3.8) is 0 Å². The van der Waals surface area contributed by atoms with Crippen LogP contribution in [0.25, 0.3) is 21.8 Å². The molecule has 0 amide bonds. The largest absolute Gasteiger partial charge is 0.502 e. The number of aromatic nitrogens is 2. The van der Waals surface area contributed by atoms with Gasteiger partial charge in [0.05, 0.1) is 28.4 Å². The molecule has 1 aliphatic carbocycles. The number of phenolic OH excluding ortho intramolecular Hbond substituents is 2. The highest BCUT2D eigenvalue weighted by Gasteiger charge is 2.48. The van der Waals surface area contributed by atoms with Crippen LogP contribution in [-0.4, -0.2) is 46.9 Å². The van der Waals surface area contributed by atoms with Crippen molar-refractivity contribution < 1.29 is 29.0 Å². The summed E-state index contributed by atoms with van der Waals surface area (Å²) in [5.41, 5.74) is 3.28. The van der Waals surface area contributed by atoms with Gasteiger partial charge in [-0.15, -0.1) is 0 Å². The van der Waals surface area contributed by atoms with Crippen LogP contribution in [0.2, 0.25) is 0 Å². The fourth-order valence-electron chi connectivity index (χ4n) is 6.03. The minimum absolute atomic E-state index is 0.142. The number of hydrogen-bond donors (Lipinski definition) is 2. The van der Waals surface area contributed by atoms with Gasteiger partial charge < -0.3 is 10.2 Å². The van der Waals surface area contributed by atoms with Gasteiger partial charge in [-0.2, -0.15) is 0 Å². The second kappa shape index (κ2) is 9.27. The van der Waals surface area contributed by atoms with Gasteiger partial charge in [-0.05, 0) is 29.0 Å². The summed E-state index contributed by atoms with van der Waals surface area (Å²) in [7, 11) is 0. The lowest BCUT2D eigenvalue weighted by Gasteiger charge is -2.19. The molecule has 0 unspecified atom stereocenters. The van der Waals surface area contributed by atoms with E-state index < -0.39 is 17.3 Å². The van der Waals surface area contributed by atoms with E-state index >= 15 is 0 Å². The maximum absolute atomic E-state index is 13.6. The molecule has 43 heavy (non-hydrogen) atoms. The maximum atomic E-state index is 13.6. The van der Waals surface area contributed by atoms with Crippen LogP contribution in [0.3, 0.4) is 0 Å². The summed E-state index contributed by atoms with van der Waals surface area (Å²) in [5, 5.41) is 25.6. The number of rotatable bonds is 4. The molecule has 8 nitrogen and oxygen atoms in total. The first-order valence-electron chi connectivity index (χ1n) is 13.8. The Morgan fingerprint density at radius 3 is 1.93 bits per heavy atom. The van der Waals surface area contributed by atoms with E-state index in [2.05, 4.69) is 11.0 Å². The first-order chi connectivity index (χ1) is 21.0. The Hall–Kier alpha value is -5.98. The van der Waals surface area contributed by atoms with Crippen LogP contribution in [0.15, 0.2) is 97.2 Å². The minimum atomic E-state index is -0.528. The van der Waals surface area contributed by atoms with E-state index in [1.807, 2.05) is 66.7 Å². The molecule has 2 N–H and O–H groups in total. The van der Waals surface area contributed by atoms with E-state index in [-0.39, 0.29) is 52.5 Å². The molecule has 204 valence electrons. The summed E-state index contributed by atoms with van der Waals surface area (Å²) in [6, 6.07) is 31.3. The summed E-state index contributed by atoms with van der Waals surface area (Å²) in [6.45, 7) is 0.422. The van der Waals surface area contributed by atoms with Crippen molar-refractivity contribution in [1.82, 2.24) is 9.97 Å². The molecule has 0 bridgehead atoms. The van der Waals surface area contributed by atoms with Gasteiger partial charge in [0.1, 0.15) is 5.69 Å². The molecule has 8 heteroatoms. The molecule has 0 fully saturated rings. The van der Waals surface area contributed by atoms with E-state index in [1.165, 1.54) is 0 Å². The minimum Gasteiger partial charge on any atom is -0.502 e. The Morgan fingerprint density at radius 1 is 0.651 bits per heavy atom. The van der Waals surface area contributed by atoms with Gasteiger partial charge in [-0.25, -0.2) is 4.98 Å². The molecular weight excluding hydrogens is 540 g/mol. The van der Waals surface area contributed by atoms with Gasteiger partial charge in [-0.1, -0.05) is 81.9 Å². The van der Waals surface area contributed by atoms with Crippen molar-refractivity contribution in [2.45, 2.75) is 13.1 Å². The van der Waals surface area contributed by atoms with E-state index in [4.69, 9.17) is 4.98 Å². The van der Waals surface area contributed by atoms with Crippen molar-refractivity contribution in [3.8, 4) is 11.5 Å². The maximum Gasteiger partial charge on any atom is 0.490 e. The average molecular weight is 563 g/mol. The zero-order chi connectivity index (χ0) is 29.2. The zero-order valence-electron chi connectivity index (χ0n) is 22.7. The summed E-state index contributed by atoms with van der Waals surface area (Å²) in [6.07, 6.45) is 1.65. The lowest BCUT2D eigenvalue weighted by molar-refractivity contribution is -0.485. The second-order valence-electron chi connectivity index (χ2n) is 10.7. The molecule has 2 heterocycles. The van der Waals surface area contributed by atoms with Gasteiger partial charge in [0.15, 0.2) is 18.1 Å². The summed E-state index contributed by atoms with van der Waals surface area (Å²) in [5.74, 6) is -1.82. The Kier molecular flexibility index (Phi) is 5.35. The lowest BCUT2D eigenvalue weighted by atomic mass is 9.82. The highest BCUT2D eigenvalue weighted by atomic mass is 16.3. The summed E-state index contributed by atoms with van der Waals surface area (Å²) in [4.78, 5) is 36.5. The number of carbonyl (C=O) groups is 2. The van der Waals surface area contributed by atoms with Crippen LogP contribution in [0, 0.1) is 0 Å². The SMILES string of the molecule is O=C1c2ccccc2C(=O)c2c(O)c3c(c(O)c21)[N+](Cc1ccc2ccccc2c1)=C=[N+]3Cc1cnc2ccccc2n1. The quantitative estimate of drug-likeness (QED) is 0.206. The van der Waals surface area contributed by atoms with Gasteiger partial charge in [0.25, 0.3) is 0 Å². The van der Waals surface area contributed by atoms with E-state index in [1.54, 1.807) is 39.6 Å². The van der Waals surface area contributed by atoms with Crippen LogP contribution >= 0.6 is 0 Å². The molecular formula is C35H22N4O4+2. The lowest BCUT2D eigenvalue weighted by Crippen LogP contribution is -2.22. The Bertz CT molecular complexity index is 2140. The fraction of sp³-hybridized carbons (Fsp3) is 0.0571. The standard InChI is InChI=1S/C35H20N4O4/c40-32-24-9-3-4-10-25(24)33(41)29-28(32)34(42)30-31(35(29)43)39(18-23-16-36-26-11-5-6-12-27(26)37-23)19-38(30)17-20-13-14-21-7-1-2-8-22(21)15-20/h1-16H,17-18H2/p+2. The van der Waals surface area contributed by atoms with Crippen molar-refractivity contribution in [2.24, 2.45) is 0 Å².